The number of nitrogens with one attached hydrogen (secondary N) is 1. The molecule has 2 atom stereocenters. The molecule has 168 valence electrons. The minimum absolute atomic E-state index is 0.00242. The van der Waals surface area contributed by atoms with Crippen LogP contribution in [0.25, 0.3) is 11.0 Å². The van der Waals surface area contributed by atoms with Gasteiger partial charge in [-0.1, -0.05) is 42.5 Å². The molecule has 5 rings (SSSR count). The third-order valence-electron chi connectivity index (χ3n) is 7.25. The first kappa shape index (κ1) is 20.8. The van der Waals surface area contributed by atoms with Gasteiger partial charge in [0.25, 0.3) is 0 Å². The van der Waals surface area contributed by atoms with Crippen LogP contribution in [0.4, 0.5) is 4.79 Å². The number of H-pyrrole nitrogens is 1. The number of hydrogen-bond acceptors (Lipinski definition) is 3. The fourth-order valence-corrected chi connectivity index (χ4v) is 5.64. The first-order valence-corrected chi connectivity index (χ1v) is 11.6. The van der Waals surface area contributed by atoms with Crippen LogP contribution in [0.5, 0.6) is 0 Å². The number of fused-ring (bicyclic) bond motifs is 1. The van der Waals surface area contributed by atoms with Crippen molar-refractivity contribution in [2.45, 2.75) is 50.2 Å². The summed E-state index contributed by atoms with van der Waals surface area (Å²) in [4.78, 5) is 31.5. The standard InChI is InChI=1S/C25H30N4O3/c30-24-26-22-8-4-5-9-23(22)29(24)19-10-13-27(14-11-19)20-12-15-28(25(31)32)21(17-20)16-18-6-2-1-3-7-18/h1-9,19-21H,10-17H2,(H,26,30)(H,31,32). The Labute approximate surface area is 187 Å². The number of para-hydroxylation sites is 2. The number of carboxylic acid groups (broad SMARTS) is 1. The Hall–Kier alpha value is -3.06. The highest BCUT2D eigenvalue weighted by atomic mass is 16.4. The van der Waals surface area contributed by atoms with Crippen molar-refractivity contribution in [3.63, 3.8) is 0 Å². The van der Waals surface area contributed by atoms with Crippen LogP contribution in [-0.2, 0) is 6.42 Å². The molecule has 2 aromatic carbocycles. The predicted octanol–water partition coefficient (Wildman–Crippen LogP) is 3.72. The Bertz CT molecular complexity index is 1130. The van der Waals surface area contributed by atoms with E-state index in [0.717, 1.165) is 56.2 Å². The molecule has 0 aliphatic carbocycles. The van der Waals surface area contributed by atoms with Gasteiger partial charge in [-0.2, -0.15) is 0 Å². The van der Waals surface area contributed by atoms with E-state index in [1.807, 2.05) is 47.0 Å². The summed E-state index contributed by atoms with van der Waals surface area (Å²) in [5.74, 6) is 0. The van der Waals surface area contributed by atoms with E-state index in [1.54, 1.807) is 4.90 Å². The first-order valence-electron chi connectivity index (χ1n) is 11.6. The number of piperidine rings is 2. The number of hydrogen-bond donors (Lipinski definition) is 2. The Balaban J connectivity index is 1.26. The van der Waals surface area contributed by atoms with Crippen LogP contribution in [0.2, 0.25) is 0 Å². The van der Waals surface area contributed by atoms with E-state index in [4.69, 9.17) is 0 Å². The summed E-state index contributed by atoms with van der Waals surface area (Å²) in [6, 6.07) is 18.6. The Morgan fingerprint density at radius 1 is 0.938 bits per heavy atom. The lowest BCUT2D eigenvalue weighted by Crippen LogP contribution is -2.54. The molecule has 2 aliphatic heterocycles. The summed E-state index contributed by atoms with van der Waals surface area (Å²) in [7, 11) is 0. The van der Waals surface area contributed by atoms with E-state index in [1.165, 1.54) is 5.56 Å². The second-order valence-corrected chi connectivity index (χ2v) is 9.08. The van der Waals surface area contributed by atoms with Crippen LogP contribution in [0, 0.1) is 0 Å². The van der Waals surface area contributed by atoms with E-state index in [9.17, 15) is 14.7 Å². The molecule has 0 bridgehead atoms. The lowest BCUT2D eigenvalue weighted by Gasteiger charge is -2.44. The van der Waals surface area contributed by atoms with Crippen LogP contribution in [-0.4, -0.2) is 62.3 Å². The molecule has 0 radical (unpaired) electrons. The number of rotatable bonds is 4. The normalized spacial score (nSPS) is 22.9. The van der Waals surface area contributed by atoms with Crippen molar-refractivity contribution < 1.29 is 9.90 Å². The molecule has 0 saturated carbocycles. The smallest absolute Gasteiger partial charge is 0.407 e. The predicted molar refractivity (Wildman–Crippen MR) is 124 cm³/mol. The van der Waals surface area contributed by atoms with Gasteiger partial charge in [-0.25, -0.2) is 9.59 Å². The molecule has 3 aromatic rings. The monoisotopic (exact) mass is 434 g/mol. The lowest BCUT2D eigenvalue weighted by molar-refractivity contribution is 0.0472. The molecule has 2 unspecified atom stereocenters. The SMILES string of the molecule is O=C(O)N1CCC(N2CCC(n3c(=O)[nH]c4ccccc43)CC2)CC1Cc1ccccc1. The number of imidazole rings is 1. The van der Waals surface area contributed by atoms with Gasteiger partial charge in [-0.15, -0.1) is 0 Å². The Morgan fingerprint density at radius 2 is 1.62 bits per heavy atom. The molecule has 2 fully saturated rings. The molecule has 7 nitrogen and oxygen atoms in total. The maximum absolute atomic E-state index is 12.6. The van der Waals surface area contributed by atoms with Crippen LogP contribution in [0.3, 0.4) is 0 Å². The third-order valence-corrected chi connectivity index (χ3v) is 7.25. The van der Waals surface area contributed by atoms with Crippen LogP contribution in [0.15, 0.2) is 59.4 Å². The van der Waals surface area contributed by atoms with Gasteiger partial charge in [0.05, 0.1) is 11.0 Å². The quantitative estimate of drug-likeness (QED) is 0.656. The van der Waals surface area contributed by atoms with Crippen molar-refractivity contribution in [2.24, 2.45) is 0 Å². The van der Waals surface area contributed by atoms with Gasteiger partial charge in [0.15, 0.2) is 0 Å². The van der Waals surface area contributed by atoms with Crippen molar-refractivity contribution in [3.8, 4) is 0 Å². The minimum atomic E-state index is -0.818. The summed E-state index contributed by atoms with van der Waals surface area (Å²) in [5, 5.41) is 9.71. The molecule has 1 amide bonds. The number of likely N-dealkylation sites (tertiary alicyclic amines) is 2. The average molecular weight is 435 g/mol. The zero-order chi connectivity index (χ0) is 22.1. The van der Waals surface area contributed by atoms with Crippen LogP contribution >= 0.6 is 0 Å². The maximum Gasteiger partial charge on any atom is 0.407 e. The fourth-order valence-electron chi connectivity index (χ4n) is 5.64. The second-order valence-electron chi connectivity index (χ2n) is 9.08. The first-order chi connectivity index (χ1) is 15.6. The topological polar surface area (TPSA) is 81.6 Å². The number of nitrogens with zero attached hydrogens (tertiary/aromatic N) is 3. The number of carbonyl (C=O) groups is 1. The van der Waals surface area contributed by atoms with E-state index in [-0.39, 0.29) is 17.8 Å². The third kappa shape index (κ3) is 4.05. The second kappa shape index (κ2) is 8.82. The summed E-state index contributed by atoms with van der Waals surface area (Å²) in [6.07, 6.45) is 3.54. The van der Waals surface area contributed by atoms with E-state index < -0.39 is 6.09 Å². The summed E-state index contributed by atoms with van der Waals surface area (Å²) < 4.78 is 1.93. The van der Waals surface area contributed by atoms with Crippen LogP contribution in [0.1, 0.15) is 37.3 Å². The summed E-state index contributed by atoms with van der Waals surface area (Å²) in [6.45, 7) is 2.46. The molecular weight excluding hydrogens is 404 g/mol. The van der Waals surface area contributed by atoms with Gasteiger partial charge in [-0.3, -0.25) is 4.57 Å². The van der Waals surface area contributed by atoms with E-state index >= 15 is 0 Å². The highest BCUT2D eigenvalue weighted by molar-refractivity contribution is 5.75. The van der Waals surface area contributed by atoms with Crippen molar-refractivity contribution in [1.82, 2.24) is 19.4 Å². The molecule has 2 aliphatic rings. The molecule has 32 heavy (non-hydrogen) atoms. The molecular formula is C25H30N4O3. The Morgan fingerprint density at radius 3 is 2.38 bits per heavy atom. The molecule has 0 spiro atoms. The van der Waals surface area contributed by atoms with Gasteiger partial charge in [0.1, 0.15) is 0 Å². The molecule has 7 heteroatoms. The zero-order valence-electron chi connectivity index (χ0n) is 18.2. The van der Waals surface area contributed by atoms with Gasteiger partial charge < -0.3 is 19.9 Å². The number of amides is 1. The van der Waals surface area contributed by atoms with Gasteiger partial charge in [-0.05, 0) is 49.8 Å². The number of aromatic amines is 1. The molecule has 2 saturated heterocycles. The van der Waals surface area contributed by atoms with Crippen molar-refractivity contribution in [2.75, 3.05) is 19.6 Å². The van der Waals surface area contributed by atoms with Crippen molar-refractivity contribution >= 4 is 17.1 Å². The zero-order valence-corrected chi connectivity index (χ0v) is 18.2. The van der Waals surface area contributed by atoms with Crippen molar-refractivity contribution in [1.29, 1.82) is 0 Å². The lowest BCUT2D eigenvalue weighted by atomic mass is 9.90. The van der Waals surface area contributed by atoms with Gasteiger partial charge in [0.2, 0.25) is 0 Å². The van der Waals surface area contributed by atoms with Gasteiger partial charge in [0, 0.05) is 37.8 Å². The highest BCUT2D eigenvalue weighted by Crippen LogP contribution is 2.30. The van der Waals surface area contributed by atoms with Gasteiger partial charge >= 0.3 is 11.8 Å². The fraction of sp³-hybridized carbons (Fsp3) is 0.440. The number of benzene rings is 2. The largest absolute Gasteiger partial charge is 0.465 e. The molecule has 2 N–H and O–H groups in total. The highest BCUT2D eigenvalue weighted by Gasteiger charge is 2.36. The summed E-state index contributed by atoms with van der Waals surface area (Å²) >= 11 is 0. The van der Waals surface area contributed by atoms with Crippen LogP contribution < -0.4 is 5.69 Å². The summed E-state index contributed by atoms with van der Waals surface area (Å²) in [5.41, 5.74) is 3.03. The average Bonchev–Trinajstić information content (AvgIpc) is 3.15. The number of aromatic nitrogens is 2. The van der Waals surface area contributed by atoms with Crippen molar-refractivity contribution in [3.05, 3.63) is 70.6 Å². The van der Waals surface area contributed by atoms with E-state index in [0.29, 0.717) is 12.6 Å². The molecule has 1 aromatic heterocycles. The minimum Gasteiger partial charge on any atom is -0.465 e. The van der Waals surface area contributed by atoms with E-state index in [2.05, 4.69) is 22.0 Å². The maximum atomic E-state index is 12.6. The molecule has 3 heterocycles. The Kier molecular flexibility index (Phi) is 5.74.